The summed E-state index contributed by atoms with van der Waals surface area (Å²) in [5, 5.41) is 0. The van der Waals surface area contributed by atoms with Crippen LogP contribution in [0.2, 0.25) is 0 Å². The predicted molar refractivity (Wildman–Crippen MR) is 43.9 cm³/mol. The van der Waals surface area contributed by atoms with E-state index in [1.54, 1.807) is 6.92 Å². The summed E-state index contributed by atoms with van der Waals surface area (Å²) in [6.07, 6.45) is 1.33. The minimum Gasteiger partial charge on any atom is -0.460 e. The number of esters is 1. The SMILES string of the molecule is [CH]=CC(C)C(=O)OC(C)(C)C. The van der Waals surface area contributed by atoms with Crippen LogP contribution < -0.4 is 0 Å². The van der Waals surface area contributed by atoms with E-state index in [4.69, 9.17) is 11.3 Å². The van der Waals surface area contributed by atoms with Crippen molar-refractivity contribution in [3.8, 4) is 0 Å². The molecule has 1 radical (unpaired) electrons. The Hall–Kier alpha value is -0.790. The standard InChI is InChI=1S/C9H15O2/c1-6-7(2)8(10)11-9(3,4)5/h1,6-7H,2-5H3. The Balaban J connectivity index is 3.98. The molecule has 63 valence electrons. The summed E-state index contributed by atoms with van der Waals surface area (Å²) in [4.78, 5) is 11.1. The number of carbonyl (C=O) groups excluding carboxylic acids is 1. The van der Waals surface area contributed by atoms with Gasteiger partial charge in [-0.25, -0.2) is 0 Å². The topological polar surface area (TPSA) is 26.3 Å². The molecule has 0 bridgehead atoms. The first kappa shape index (κ1) is 10.2. The van der Waals surface area contributed by atoms with E-state index < -0.39 is 5.60 Å². The van der Waals surface area contributed by atoms with Crippen molar-refractivity contribution >= 4 is 5.97 Å². The molecule has 0 amide bonds. The van der Waals surface area contributed by atoms with E-state index in [1.165, 1.54) is 6.08 Å². The van der Waals surface area contributed by atoms with Gasteiger partial charge in [0.25, 0.3) is 0 Å². The highest BCUT2D eigenvalue weighted by Gasteiger charge is 2.19. The summed E-state index contributed by atoms with van der Waals surface area (Å²) in [5.41, 5.74) is -0.422. The molecule has 0 aliphatic heterocycles. The Morgan fingerprint density at radius 2 is 2.00 bits per heavy atom. The second kappa shape index (κ2) is 3.56. The first-order valence-electron chi connectivity index (χ1n) is 3.65. The van der Waals surface area contributed by atoms with Gasteiger partial charge in [-0.1, -0.05) is 12.7 Å². The molecule has 1 atom stereocenters. The van der Waals surface area contributed by atoms with Gasteiger partial charge in [0.15, 0.2) is 0 Å². The van der Waals surface area contributed by atoms with Crippen LogP contribution >= 0.6 is 0 Å². The van der Waals surface area contributed by atoms with E-state index in [2.05, 4.69) is 0 Å². The molecule has 0 aromatic heterocycles. The molecule has 2 nitrogen and oxygen atoms in total. The third kappa shape index (κ3) is 4.59. The van der Waals surface area contributed by atoms with Gasteiger partial charge in [-0.3, -0.25) is 4.79 Å². The zero-order valence-corrected chi connectivity index (χ0v) is 7.55. The third-order valence-corrected chi connectivity index (χ3v) is 1.07. The third-order valence-electron chi connectivity index (χ3n) is 1.07. The summed E-state index contributed by atoms with van der Waals surface area (Å²) >= 11 is 0. The molecule has 0 aliphatic rings. The van der Waals surface area contributed by atoms with Crippen LogP contribution in [-0.2, 0) is 9.53 Å². The van der Waals surface area contributed by atoms with Crippen molar-refractivity contribution in [2.75, 3.05) is 0 Å². The van der Waals surface area contributed by atoms with E-state index in [0.717, 1.165) is 0 Å². The van der Waals surface area contributed by atoms with E-state index in [0.29, 0.717) is 0 Å². The van der Waals surface area contributed by atoms with Gasteiger partial charge in [-0.05, 0) is 27.7 Å². The van der Waals surface area contributed by atoms with Crippen LogP contribution in [0.15, 0.2) is 6.08 Å². The van der Waals surface area contributed by atoms with Crippen molar-refractivity contribution in [3.63, 3.8) is 0 Å². The Labute approximate surface area is 68.2 Å². The fourth-order valence-corrected chi connectivity index (χ4v) is 0.473. The minimum absolute atomic E-state index is 0.278. The largest absolute Gasteiger partial charge is 0.460 e. The van der Waals surface area contributed by atoms with Crippen LogP contribution in [0.4, 0.5) is 0 Å². The summed E-state index contributed by atoms with van der Waals surface area (Å²) in [5.74, 6) is -0.603. The first-order chi connectivity index (χ1) is 4.87. The van der Waals surface area contributed by atoms with Crippen molar-refractivity contribution in [2.45, 2.75) is 33.3 Å². The lowest BCUT2D eigenvalue weighted by molar-refractivity contribution is -0.157. The van der Waals surface area contributed by atoms with E-state index in [1.807, 2.05) is 20.8 Å². The zero-order valence-electron chi connectivity index (χ0n) is 7.55. The molecule has 0 saturated heterocycles. The molecule has 1 unspecified atom stereocenters. The number of hydrogen-bond donors (Lipinski definition) is 0. The molecular formula is C9H15O2. The molecule has 0 aromatic carbocycles. The van der Waals surface area contributed by atoms with Gasteiger partial charge in [0.05, 0.1) is 5.92 Å². The van der Waals surface area contributed by atoms with E-state index >= 15 is 0 Å². The molecule has 0 aliphatic carbocycles. The predicted octanol–water partition coefficient (Wildman–Crippen LogP) is 1.95. The highest BCUT2D eigenvalue weighted by atomic mass is 16.6. The lowest BCUT2D eigenvalue weighted by Crippen LogP contribution is -2.26. The first-order valence-corrected chi connectivity index (χ1v) is 3.65. The van der Waals surface area contributed by atoms with Crippen LogP contribution in [0.1, 0.15) is 27.7 Å². The molecule has 0 saturated carbocycles. The maximum Gasteiger partial charge on any atom is 0.313 e. The quantitative estimate of drug-likeness (QED) is 0.570. The lowest BCUT2D eigenvalue weighted by Gasteiger charge is -2.20. The molecule has 2 heteroatoms. The number of ether oxygens (including phenoxy) is 1. The highest BCUT2D eigenvalue weighted by molar-refractivity contribution is 5.74. The fraction of sp³-hybridized carbons (Fsp3) is 0.667. The van der Waals surface area contributed by atoms with E-state index in [-0.39, 0.29) is 11.9 Å². The Morgan fingerprint density at radius 3 is 2.27 bits per heavy atom. The average molecular weight is 155 g/mol. The summed E-state index contributed by atoms with van der Waals surface area (Å²) in [7, 11) is 0. The van der Waals surface area contributed by atoms with Gasteiger partial charge in [-0.2, -0.15) is 0 Å². The maximum atomic E-state index is 11.1. The molecule has 0 N–H and O–H groups in total. The minimum atomic E-state index is -0.422. The van der Waals surface area contributed by atoms with Gasteiger partial charge < -0.3 is 4.74 Å². The fourth-order valence-electron chi connectivity index (χ4n) is 0.473. The smallest absolute Gasteiger partial charge is 0.313 e. The Morgan fingerprint density at radius 1 is 1.55 bits per heavy atom. The molecule has 0 fully saturated rings. The van der Waals surface area contributed by atoms with Crippen LogP contribution in [0.25, 0.3) is 0 Å². The Bertz CT molecular complexity index is 153. The number of carbonyl (C=O) groups is 1. The lowest BCUT2D eigenvalue weighted by atomic mass is 10.1. The van der Waals surface area contributed by atoms with Crippen molar-refractivity contribution in [2.24, 2.45) is 5.92 Å². The second-order valence-corrected chi connectivity index (χ2v) is 3.51. The van der Waals surface area contributed by atoms with Gasteiger partial charge in [-0.15, -0.1) is 0 Å². The highest BCUT2D eigenvalue weighted by Crippen LogP contribution is 2.10. The second-order valence-electron chi connectivity index (χ2n) is 3.51. The molecule has 0 aromatic rings. The van der Waals surface area contributed by atoms with Crippen LogP contribution in [0.5, 0.6) is 0 Å². The van der Waals surface area contributed by atoms with Crippen molar-refractivity contribution < 1.29 is 9.53 Å². The van der Waals surface area contributed by atoms with Gasteiger partial charge in [0.2, 0.25) is 0 Å². The zero-order chi connectivity index (χ0) is 9.07. The van der Waals surface area contributed by atoms with Crippen molar-refractivity contribution in [1.82, 2.24) is 0 Å². The molecule has 0 spiro atoms. The van der Waals surface area contributed by atoms with E-state index in [9.17, 15) is 4.79 Å². The molecule has 0 heterocycles. The monoisotopic (exact) mass is 155 g/mol. The Kier molecular flexibility index (Phi) is 3.30. The van der Waals surface area contributed by atoms with Crippen LogP contribution in [-0.4, -0.2) is 11.6 Å². The van der Waals surface area contributed by atoms with Gasteiger partial charge in [0.1, 0.15) is 5.60 Å². The summed E-state index contributed by atoms with van der Waals surface area (Å²) < 4.78 is 5.04. The van der Waals surface area contributed by atoms with Crippen molar-refractivity contribution in [3.05, 3.63) is 12.7 Å². The number of rotatable bonds is 2. The molecular weight excluding hydrogens is 140 g/mol. The van der Waals surface area contributed by atoms with Gasteiger partial charge in [0, 0.05) is 0 Å². The summed E-state index contributed by atoms with van der Waals surface area (Å²) in [6.45, 7) is 12.4. The molecule has 11 heavy (non-hydrogen) atoms. The van der Waals surface area contributed by atoms with Crippen LogP contribution in [0, 0.1) is 12.5 Å². The van der Waals surface area contributed by atoms with Crippen LogP contribution in [0.3, 0.4) is 0 Å². The van der Waals surface area contributed by atoms with Crippen molar-refractivity contribution in [1.29, 1.82) is 0 Å². The average Bonchev–Trinajstić information content (AvgIpc) is 1.82. The molecule has 0 rings (SSSR count). The maximum absolute atomic E-state index is 11.1. The normalized spacial score (nSPS) is 13.8. The number of hydrogen-bond acceptors (Lipinski definition) is 2. The van der Waals surface area contributed by atoms with Gasteiger partial charge >= 0.3 is 5.97 Å². The summed E-state index contributed by atoms with van der Waals surface area (Å²) in [6, 6.07) is 0.